The maximum atomic E-state index is 13.1. The molecule has 0 fully saturated rings. The van der Waals surface area contributed by atoms with E-state index in [-0.39, 0.29) is 5.82 Å². The topological polar surface area (TPSA) is 88.1 Å². The molecular formula is C21H20FN5O3S. The summed E-state index contributed by atoms with van der Waals surface area (Å²) in [5, 5.41) is 17.5. The van der Waals surface area contributed by atoms with Gasteiger partial charge >= 0.3 is 0 Å². The van der Waals surface area contributed by atoms with E-state index in [4.69, 9.17) is 13.9 Å². The number of halogens is 1. The lowest BCUT2D eigenvalue weighted by Gasteiger charge is -2.10. The van der Waals surface area contributed by atoms with Crippen molar-refractivity contribution in [3.8, 4) is 34.3 Å². The Morgan fingerprint density at radius 3 is 2.29 bits per heavy atom. The molecule has 0 N–H and O–H groups in total. The number of hydrogen-bond donors (Lipinski definition) is 0. The molecule has 0 bridgehead atoms. The van der Waals surface area contributed by atoms with E-state index in [1.54, 1.807) is 32.4 Å². The molecule has 0 radical (unpaired) electrons. The van der Waals surface area contributed by atoms with E-state index in [0.717, 1.165) is 10.7 Å². The summed E-state index contributed by atoms with van der Waals surface area (Å²) in [6, 6.07) is 11.5. The van der Waals surface area contributed by atoms with E-state index >= 15 is 0 Å². The largest absolute Gasteiger partial charge is 0.497 e. The van der Waals surface area contributed by atoms with Gasteiger partial charge in [-0.25, -0.2) is 4.39 Å². The van der Waals surface area contributed by atoms with Gasteiger partial charge in [0.25, 0.3) is 0 Å². The minimum atomic E-state index is -0.317. The summed E-state index contributed by atoms with van der Waals surface area (Å²) in [6.07, 6.45) is 0. The summed E-state index contributed by atoms with van der Waals surface area (Å²) in [4.78, 5) is 0. The van der Waals surface area contributed by atoms with Crippen LogP contribution in [0.25, 0.3) is 22.8 Å². The van der Waals surface area contributed by atoms with Crippen molar-refractivity contribution < 1.29 is 18.3 Å². The van der Waals surface area contributed by atoms with Gasteiger partial charge in [-0.3, -0.25) is 0 Å². The standard InChI is InChI=1S/C21H20FN5O3S/c1-4-27-19(14-9-16(28-2)11-17(10-14)29-3)24-26-21(27)31-12-18-23-25-20(30-18)13-5-7-15(22)8-6-13/h5-11H,4,12H2,1-3H3. The molecule has 0 saturated heterocycles. The van der Waals surface area contributed by atoms with Gasteiger partial charge in [-0.1, -0.05) is 11.8 Å². The predicted molar refractivity (Wildman–Crippen MR) is 113 cm³/mol. The fraction of sp³-hybridized carbons (Fsp3) is 0.238. The molecule has 0 aliphatic heterocycles. The van der Waals surface area contributed by atoms with E-state index in [0.29, 0.717) is 47.0 Å². The van der Waals surface area contributed by atoms with Gasteiger partial charge < -0.3 is 18.5 Å². The number of benzene rings is 2. The van der Waals surface area contributed by atoms with Crippen LogP contribution >= 0.6 is 11.8 Å². The van der Waals surface area contributed by atoms with Gasteiger partial charge in [-0.05, 0) is 43.3 Å². The third kappa shape index (κ3) is 4.53. The first-order valence-electron chi connectivity index (χ1n) is 9.49. The summed E-state index contributed by atoms with van der Waals surface area (Å²) >= 11 is 1.44. The smallest absolute Gasteiger partial charge is 0.247 e. The van der Waals surface area contributed by atoms with Crippen LogP contribution in [0, 0.1) is 5.82 Å². The number of ether oxygens (including phenoxy) is 2. The van der Waals surface area contributed by atoms with Crippen molar-refractivity contribution in [3.05, 3.63) is 54.2 Å². The van der Waals surface area contributed by atoms with Crippen molar-refractivity contribution in [2.24, 2.45) is 0 Å². The van der Waals surface area contributed by atoms with Crippen LogP contribution in [-0.4, -0.2) is 39.2 Å². The summed E-state index contributed by atoms with van der Waals surface area (Å²) in [5.41, 5.74) is 1.50. The van der Waals surface area contributed by atoms with Crippen LogP contribution in [-0.2, 0) is 12.3 Å². The molecule has 10 heteroatoms. The molecular weight excluding hydrogens is 421 g/mol. The molecule has 31 heavy (non-hydrogen) atoms. The molecule has 0 atom stereocenters. The van der Waals surface area contributed by atoms with E-state index in [1.165, 1.54) is 23.9 Å². The number of rotatable bonds is 8. The molecule has 8 nitrogen and oxygen atoms in total. The molecule has 0 amide bonds. The maximum Gasteiger partial charge on any atom is 0.247 e. The second-order valence-corrected chi connectivity index (χ2v) is 7.39. The Hall–Kier alpha value is -3.40. The minimum absolute atomic E-state index is 0.317. The first kappa shape index (κ1) is 20.9. The quantitative estimate of drug-likeness (QED) is 0.370. The van der Waals surface area contributed by atoms with E-state index in [9.17, 15) is 4.39 Å². The van der Waals surface area contributed by atoms with Gasteiger partial charge in [0.1, 0.15) is 17.3 Å². The molecule has 2 heterocycles. The lowest BCUT2D eigenvalue weighted by Crippen LogP contribution is -2.00. The zero-order valence-corrected chi connectivity index (χ0v) is 18.0. The summed E-state index contributed by atoms with van der Waals surface area (Å²) in [5.74, 6) is 2.95. The Kier molecular flexibility index (Phi) is 6.17. The summed E-state index contributed by atoms with van der Waals surface area (Å²) in [6.45, 7) is 2.70. The Morgan fingerprint density at radius 1 is 0.935 bits per heavy atom. The van der Waals surface area contributed by atoms with Gasteiger partial charge in [0.05, 0.1) is 20.0 Å². The predicted octanol–water partition coefficient (Wildman–Crippen LogP) is 4.46. The van der Waals surface area contributed by atoms with E-state index in [2.05, 4.69) is 20.4 Å². The van der Waals surface area contributed by atoms with Crippen molar-refractivity contribution in [1.82, 2.24) is 25.0 Å². The minimum Gasteiger partial charge on any atom is -0.497 e. The second kappa shape index (κ2) is 9.17. The van der Waals surface area contributed by atoms with Gasteiger partial charge in [0.2, 0.25) is 11.8 Å². The first-order chi connectivity index (χ1) is 15.1. The lowest BCUT2D eigenvalue weighted by molar-refractivity contribution is 0.394. The Bertz CT molecular complexity index is 1150. The zero-order chi connectivity index (χ0) is 21.8. The maximum absolute atomic E-state index is 13.1. The number of aromatic nitrogens is 5. The number of nitrogens with zero attached hydrogens (tertiary/aromatic N) is 5. The Morgan fingerprint density at radius 2 is 1.65 bits per heavy atom. The van der Waals surface area contributed by atoms with E-state index in [1.807, 2.05) is 23.6 Å². The summed E-state index contributed by atoms with van der Waals surface area (Å²) < 4.78 is 31.5. The average molecular weight is 441 g/mol. The fourth-order valence-electron chi connectivity index (χ4n) is 2.98. The molecule has 0 aliphatic carbocycles. The second-order valence-electron chi connectivity index (χ2n) is 6.45. The number of hydrogen-bond acceptors (Lipinski definition) is 8. The van der Waals surface area contributed by atoms with Crippen LogP contribution in [0.3, 0.4) is 0 Å². The molecule has 0 spiro atoms. The third-order valence-electron chi connectivity index (χ3n) is 4.53. The van der Waals surface area contributed by atoms with Crippen LogP contribution in [0.15, 0.2) is 52.0 Å². The van der Waals surface area contributed by atoms with Crippen LogP contribution in [0.2, 0.25) is 0 Å². The highest BCUT2D eigenvalue weighted by Gasteiger charge is 2.17. The SMILES string of the molecule is CCn1c(SCc2nnc(-c3ccc(F)cc3)o2)nnc1-c1cc(OC)cc(OC)c1. The molecule has 2 aromatic heterocycles. The van der Waals surface area contributed by atoms with Crippen LogP contribution in [0.4, 0.5) is 4.39 Å². The highest BCUT2D eigenvalue weighted by Crippen LogP contribution is 2.31. The molecule has 4 rings (SSSR count). The molecule has 160 valence electrons. The number of thioether (sulfide) groups is 1. The van der Waals surface area contributed by atoms with Crippen molar-refractivity contribution in [2.45, 2.75) is 24.4 Å². The van der Waals surface area contributed by atoms with Gasteiger partial charge in [0.15, 0.2) is 11.0 Å². The molecule has 0 aliphatic rings. The Labute approximate surface area is 182 Å². The van der Waals surface area contributed by atoms with Gasteiger partial charge in [0, 0.05) is 23.7 Å². The van der Waals surface area contributed by atoms with Crippen LogP contribution < -0.4 is 9.47 Å². The van der Waals surface area contributed by atoms with Crippen molar-refractivity contribution in [3.63, 3.8) is 0 Å². The average Bonchev–Trinajstić information content (AvgIpc) is 3.44. The third-order valence-corrected chi connectivity index (χ3v) is 5.48. The molecule has 4 aromatic rings. The van der Waals surface area contributed by atoms with Crippen molar-refractivity contribution >= 4 is 11.8 Å². The highest BCUT2D eigenvalue weighted by atomic mass is 32.2. The highest BCUT2D eigenvalue weighted by molar-refractivity contribution is 7.98. The van der Waals surface area contributed by atoms with Crippen molar-refractivity contribution in [2.75, 3.05) is 14.2 Å². The summed E-state index contributed by atoms with van der Waals surface area (Å²) in [7, 11) is 3.21. The Balaban J connectivity index is 1.53. The molecule has 0 unspecified atom stereocenters. The molecule has 2 aromatic carbocycles. The van der Waals surface area contributed by atoms with Gasteiger partial charge in [-0.15, -0.1) is 20.4 Å². The zero-order valence-electron chi connectivity index (χ0n) is 17.2. The molecule has 0 saturated carbocycles. The first-order valence-corrected chi connectivity index (χ1v) is 10.5. The number of methoxy groups -OCH3 is 2. The fourth-order valence-corrected chi connectivity index (χ4v) is 3.82. The monoisotopic (exact) mass is 441 g/mol. The van der Waals surface area contributed by atoms with Crippen LogP contribution in [0.1, 0.15) is 12.8 Å². The van der Waals surface area contributed by atoms with Crippen LogP contribution in [0.5, 0.6) is 11.5 Å². The normalized spacial score (nSPS) is 11.0. The van der Waals surface area contributed by atoms with E-state index < -0.39 is 0 Å². The van der Waals surface area contributed by atoms with Gasteiger partial charge in [-0.2, -0.15) is 0 Å². The lowest BCUT2D eigenvalue weighted by atomic mass is 10.2. The van der Waals surface area contributed by atoms with Crippen molar-refractivity contribution in [1.29, 1.82) is 0 Å².